The summed E-state index contributed by atoms with van der Waals surface area (Å²) in [6.45, 7) is 2.25. The first-order valence-corrected chi connectivity index (χ1v) is 11.7. The average Bonchev–Trinajstić information content (AvgIpc) is 2.84. The number of carbonyl (C=O) groups is 2. The lowest BCUT2D eigenvalue weighted by molar-refractivity contribution is -0.125. The number of hydrogen-bond donors (Lipinski definition) is 2. The van der Waals surface area contributed by atoms with Gasteiger partial charge in [-0.2, -0.15) is 0 Å². The van der Waals surface area contributed by atoms with E-state index in [0.29, 0.717) is 23.6 Å². The zero-order chi connectivity index (χ0) is 23.8. The Morgan fingerprint density at radius 2 is 1.55 bits per heavy atom. The van der Waals surface area contributed by atoms with Gasteiger partial charge in [-0.15, -0.1) is 0 Å². The summed E-state index contributed by atoms with van der Waals surface area (Å²) < 4.78 is 37.1. The van der Waals surface area contributed by atoms with E-state index in [1.165, 1.54) is 31.3 Å². The number of ether oxygens (including phenoxy) is 2. The summed E-state index contributed by atoms with van der Waals surface area (Å²) in [6, 6.07) is 20.8. The van der Waals surface area contributed by atoms with Gasteiger partial charge in [-0.05, 0) is 50.4 Å². The molecule has 2 N–H and O–H groups in total. The Hall–Kier alpha value is -3.69. The molecule has 0 saturated carbocycles. The van der Waals surface area contributed by atoms with E-state index in [0.717, 1.165) is 0 Å². The lowest BCUT2D eigenvalue weighted by Gasteiger charge is -2.19. The van der Waals surface area contributed by atoms with Gasteiger partial charge in [0.05, 0.1) is 22.8 Å². The molecule has 9 heteroatoms. The zero-order valence-corrected chi connectivity index (χ0v) is 19.0. The van der Waals surface area contributed by atoms with E-state index in [1.54, 1.807) is 54.6 Å². The molecule has 0 aliphatic heterocycles. The van der Waals surface area contributed by atoms with E-state index in [9.17, 15) is 18.0 Å². The molecule has 1 amide bonds. The van der Waals surface area contributed by atoms with Crippen LogP contribution in [0.5, 0.6) is 5.75 Å². The molecule has 3 aromatic rings. The van der Waals surface area contributed by atoms with Crippen molar-refractivity contribution >= 4 is 27.6 Å². The molecule has 0 saturated heterocycles. The van der Waals surface area contributed by atoms with Crippen LogP contribution in [-0.2, 0) is 19.6 Å². The van der Waals surface area contributed by atoms with Crippen molar-refractivity contribution in [3.8, 4) is 5.75 Å². The maximum Gasteiger partial charge on any atom is 0.339 e. The van der Waals surface area contributed by atoms with E-state index in [-0.39, 0.29) is 10.5 Å². The Morgan fingerprint density at radius 3 is 2.18 bits per heavy atom. The van der Waals surface area contributed by atoms with Gasteiger partial charge in [0.1, 0.15) is 5.75 Å². The van der Waals surface area contributed by atoms with Crippen LogP contribution in [0.3, 0.4) is 0 Å². The highest BCUT2D eigenvalue weighted by Gasteiger charge is 2.27. The molecular formula is C24H24N2O6S. The van der Waals surface area contributed by atoms with Gasteiger partial charge < -0.3 is 14.8 Å². The normalized spacial score (nSPS) is 11.9. The van der Waals surface area contributed by atoms with Crippen LogP contribution in [0, 0.1) is 0 Å². The van der Waals surface area contributed by atoms with E-state index in [4.69, 9.17) is 9.47 Å². The number of hydrogen-bond acceptors (Lipinski definition) is 6. The molecule has 3 aromatic carbocycles. The molecule has 0 radical (unpaired) electrons. The number of anilines is 1. The molecular weight excluding hydrogens is 444 g/mol. The van der Waals surface area contributed by atoms with Gasteiger partial charge in [0.25, 0.3) is 5.91 Å². The predicted molar refractivity (Wildman–Crippen MR) is 124 cm³/mol. The van der Waals surface area contributed by atoms with Gasteiger partial charge in [0, 0.05) is 5.56 Å². The second kappa shape index (κ2) is 10.8. The first kappa shape index (κ1) is 24.0. The van der Waals surface area contributed by atoms with E-state index >= 15 is 0 Å². The van der Waals surface area contributed by atoms with Crippen molar-refractivity contribution in [2.45, 2.75) is 17.9 Å². The van der Waals surface area contributed by atoms with Gasteiger partial charge in [-0.25, -0.2) is 17.9 Å². The van der Waals surface area contributed by atoms with Crippen LogP contribution in [-0.4, -0.2) is 33.9 Å². The Bertz CT molecular complexity index is 1210. The van der Waals surface area contributed by atoms with Gasteiger partial charge in [-0.3, -0.25) is 4.79 Å². The number of sulfonamides is 1. The number of benzene rings is 3. The van der Waals surface area contributed by atoms with Crippen LogP contribution in [0.2, 0.25) is 0 Å². The second-order valence-electron chi connectivity index (χ2n) is 6.85. The minimum absolute atomic E-state index is 0.00596. The Kier molecular flexibility index (Phi) is 7.81. The number of nitrogens with one attached hydrogen (secondary N) is 2. The molecule has 0 bridgehead atoms. The number of amides is 1. The molecule has 0 spiro atoms. The molecule has 172 valence electrons. The van der Waals surface area contributed by atoms with Crippen LogP contribution < -0.4 is 14.8 Å². The first-order chi connectivity index (χ1) is 15.9. The summed E-state index contributed by atoms with van der Waals surface area (Å²) in [5, 5.41) is 2.76. The predicted octanol–water partition coefficient (Wildman–Crippen LogP) is 3.53. The van der Waals surface area contributed by atoms with Gasteiger partial charge in [0.15, 0.2) is 0 Å². The Balaban J connectivity index is 1.85. The molecule has 0 aliphatic carbocycles. The lowest BCUT2D eigenvalue weighted by Crippen LogP contribution is -2.26. The maximum absolute atomic E-state index is 13.1. The van der Waals surface area contributed by atoms with Crippen molar-refractivity contribution in [1.82, 2.24) is 4.72 Å². The molecule has 0 aromatic heterocycles. The summed E-state index contributed by atoms with van der Waals surface area (Å²) in [7, 11) is -2.35. The number of esters is 1. The van der Waals surface area contributed by atoms with Crippen molar-refractivity contribution in [2.24, 2.45) is 0 Å². The van der Waals surface area contributed by atoms with Gasteiger partial charge in [0.2, 0.25) is 16.1 Å². The molecule has 3 rings (SSSR count). The average molecular weight is 469 g/mol. The largest absolute Gasteiger partial charge is 0.492 e. The smallest absolute Gasteiger partial charge is 0.339 e. The van der Waals surface area contributed by atoms with Crippen LogP contribution in [0.1, 0.15) is 28.9 Å². The summed E-state index contributed by atoms with van der Waals surface area (Å²) in [6.07, 6.45) is -1.24. The third kappa shape index (κ3) is 5.97. The third-order valence-electron chi connectivity index (χ3n) is 4.68. The second-order valence-corrected chi connectivity index (χ2v) is 8.73. The fourth-order valence-corrected chi connectivity index (χ4v) is 3.74. The van der Waals surface area contributed by atoms with Crippen molar-refractivity contribution in [3.63, 3.8) is 0 Å². The fourth-order valence-electron chi connectivity index (χ4n) is 3.01. The summed E-state index contributed by atoms with van der Waals surface area (Å²) in [5.74, 6) is -0.839. The zero-order valence-electron chi connectivity index (χ0n) is 18.1. The summed E-state index contributed by atoms with van der Waals surface area (Å²) in [5.41, 5.74) is 1.03. The molecule has 0 heterocycles. The first-order valence-electron chi connectivity index (χ1n) is 10.2. The Labute approximate surface area is 192 Å². The number of carbonyl (C=O) groups excluding carboxylic acids is 2. The van der Waals surface area contributed by atoms with Crippen LogP contribution in [0.25, 0.3) is 0 Å². The van der Waals surface area contributed by atoms with E-state index in [1.807, 2.05) is 6.92 Å². The topological polar surface area (TPSA) is 111 Å². The Morgan fingerprint density at radius 1 is 0.909 bits per heavy atom. The van der Waals surface area contributed by atoms with Crippen LogP contribution in [0.4, 0.5) is 5.69 Å². The van der Waals surface area contributed by atoms with Gasteiger partial charge >= 0.3 is 5.97 Å². The molecule has 1 atom stereocenters. The highest BCUT2D eigenvalue weighted by molar-refractivity contribution is 7.89. The number of rotatable bonds is 9. The summed E-state index contributed by atoms with van der Waals surface area (Å²) in [4.78, 5) is 25.9. The fraction of sp³-hybridized carbons (Fsp3) is 0.167. The van der Waals surface area contributed by atoms with Crippen LogP contribution >= 0.6 is 0 Å². The lowest BCUT2D eigenvalue weighted by atomic mass is 10.1. The molecule has 33 heavy (non-hydrogen) atoms. The SMILES string of the molecule is CCOc1ccccc1NC(=O)C(OC(=O)c1ccc(S(=O)(=O)NC)cc1)c1ccccc1. The van der Waals surface area contributed by atoms with Crippen molar-refractivity contribution in [1.29, 1.82) is 0 Å². The van der Waals surface area contributed by atoms with Crippen molar-refractivity contribution in [3.05, 3.63) is 90.0 Å². The minimum atomic E-state index is -3.64. The van der Waals surface area contributed by atoms with E-state index in [2.05, 4.69) is 10.0 Å². The molecule has 0 fully saturated rings. The monoisotopic (exact) mass is 468 g/mol. The quantitative estimate of drug-likeness (QED) is 0.465. The highest BCUT2D eigenvalue weighted by Crippen LogP contribution is 2.27. The summed E-state index contributed by atoms with van der Waals surface area (Å²) >= 11 is 0. The number of para-hydroxylation sites is 2. The minimum Gasteiger partial charge on any atom is -0.492 e. The van der Waals surface area contributed by atoms with Crippen molar-refractivity contribution in [2.75, 3.05) is 19.0 Å². The maximum atomic E-state index is 13.1. The highest BCUT2D eigenvalue weighted by atomic mass is 32.2. The van der Waals surface area contributed by atoms with Gasteiger partial charge in [-0.1, -0.05) is 42.5 Å². The molecule has 1 unspecified atom stereocenters. The molecule has 0 aliphatic rings. The van der Waals surface area contributed by atoms with Crippen LogP contribution in [0.15, 0.2) is 83.8 Å². The molecule has 8 nitrogen and oxygen atoms in total. The van der Waals surface area contributed by atoms with Crippen molar-refractivity contribution < 1.29 is 27.5 Å². The third-order valence-corrected chi connectivity index (χ3v) is 6.11. The van der Waals surface area contributed by atoms with E-state index < -0.39 is 28.0 Å². The standard InChI is InChI=1S/C24H24N2O6S/c1-3-31-21-12-8-7-11-20(21)26-23(27)22(17-9-5-4-6-10-17)32-24(28)18-13-15-19(16-14-18)33(29,30)25-2/h4-16,22,25H,3H2,1-2H3,(H,26,27).